The van der Waals surface area contributed by atoms with Crippen molar-refractivity contribution < 1.29 is 22.7 Å². The molecule has 2 amide bonds. The molecule has 0 fully saturated rings. The Kier molecular flexibility index (Phi) is 5.49. The SMILES string of the molecule is COCCn1ccc2cc(NC(=O)NCCC(F)(F)F)ccc21. The Bertz CT molecular complexity index is 668. The third-order valence-electron chi connectivity index (χ3n) is 3.26. The average molecular weight is 329 g/mol. The number of fused-ring (bicyclic) bond motifs is 1. The molecule has 8 heteroatoms. The molecule has 0 aliphatic rings. The Morgan fingerprint density at radius 1 is 1.30 bits per heavy atom. The minimum atomic E-state index is -4.28. The highest BCUT2D eigenvalue weighted by atomic mass is 19.4. The number of nitrogens with one attached hydrogen (secondary N) is 2. The third kappa shape index (κ3) is 5.17. The summed E-state index contributed by atoms with van der Waals surface area (Å²) >= 11 is 0. The number of carbonyl (C=O) groups excluding carboxylic acids is 1. The van der Waals surface area contributed by atoms with Gasteiger partial charge in [0.05, 0.1) is 13.0 Å². The van der Waals surface area contributed by atoms with E-state index in [2.05, 4.69) is 10.6 Å². The summed E-state index contributed by atoms with van der Waals surface area (Å²) < 4.78 is 43.1. The van der Waals surface area contributed by atoms with Crippen LogP contribution in [-0.4, -0.2) is 37.0 Å². The average Bonchev–Trinajstić information content (AvgIpc) is 2.86. The van der Waals surface area contributed by atoms with E-state index in [4.69, 9.17) is 4.74 Å². The fourth-order valence-electron chi connectivity index (χ4n) is 2.16. The van der Waals surface area contributed by atoms with Gasteiger partial charge in [-0.2, -0.15) is 13.2 Å². The van der Waals surface area contributed by atoms with Crippen LogP contribution in [0.3, 0.4) is 0 Å². The standard InChI is InChI=1S/C15H18F3N3O2/c1-23-9-8-21-7-4-11-10-12(2-3-13(11)21)20-14(22)19-6-5-15(16,17)18/h2-4,7,10H,5-6,8-9H2,1H3,(H2,19,20,22). The molecule has 1 aromatic carbocycles. The number of amides is 2. The minimum absolute atomic E-state index is 0.453. The molecule has 1 heterocycles. The van der Waals surface area contributed by atoms with Gasteiger partial charge in [0.25, 0.3) is 0 Å². The molecule has 126 valence electrons. The van der Waals surface area contributed by atoms with Gasteiger partial charge in [0, 0.05) is 43.0 Å². The Morgan fingerprint density at radius 3 is 2.78 bits per heavy atom. The largest absolute Gasteiger partial charge is 0.390 e. The number of methoxy groups -OCH3 is 1. The van der Waals surface area contributed by atoms with E-state index in [1.165, 1.54) is 0 Å². The zero-order valence-corrected chi connectivity index (χ0v) is 12.6. The van der Waals surface area contributed by atoms with Crippen molar-refractivity contribution in [3.63, 3.8) is 0 Å². The smallest absolute Gasteiger partial charge is 0.383 e. The minimum Gasteiger partial charge on any atom is -0.383 e. The van der Waals surface area contributed by atoms with Crippen molar-refractivity contribution in [2.45, 2.75) is 19.1 Å². The van der Waals surface area contributed by atoms with E-state index in [1.807, 2.05) is 22.9 Å². The van der Waals surface area contributed by atoms with Crippen molar-refractivity contribution in [3.05, 3.63) is 30.5 Å². The topological polar surface area (TPSA) is 55.3 Å². The number of nitrogens with zero attached hydrogens (tertiary/aromatic N) is 1. The lowest BCUT2D eigenvalue weighted by Crippen LogP contribution is -2.31. The van der Waals surface area contributed by atoms with Gasteiger partial charge in [-0.05, 0) is 24.3 Å². The van der Waals surface area contributed by atoms with Gasteiger partial charge in [-0.15, -0.1) is 0 Å². The van der Waals surface area contributed by atoms with Gasteiger partial charge in [-0.3, -0.25) is 0 Å². The second kappa shape index (κ2) is 7.36. The van der Waals surface area contributed by atoms with E-state index in [9.17, 15) is 18.0 Å². The number of ether oxygens (including phenoxy) is 1. The van der Waals surface area contributed by atoms with Gasteiger partial charge in [-0.25, -0.2) is 4.79 Å². The summed E-state index contributed by atoms with van der Waals surface area (Å²) in [5.41, 5.74) is 1.51. The molecule has 0 spiro atoms. The van der Waals surface area contributed by atoms with Crippen molar-refractivity contribution in [1.82, 2.24) is 9.88 Å². The fourth-order valence-corrected chi connectivity index (χ4v) is 2.16. The lowest BCUT2D eigenvalue weighted by atomic mass is 10.2. The van der Waals surface area contributed by atoms with E-state index in [1.54, 1.807) is 19.2 Å². The summed E-state index contributed by atoms with van der Waals surface area (Å²) in [6.07, 6.45) is -3.42. The first-order valence-corrected chi connectivity index (χ1v) is 7.08. The number of anilines is 1. The summed E-state index contributed by atoms with van der Waals surface area (Å²) in [5.74, 6) is 0. The molecule has 2 N–H and O–H groups in total. The number of urea groups is 1. The maximum Gasteiger partial charge on any atom is 0.390 e. The molecule has 0 aliphatic heterocycles. The molecule has 0 bridgehead atoms. The van der Waals surface area contributed by atoms with Gasteiger partial charge < -0.3 is 19.9 Å². The van der Waals surface area contributed by atoms with E-state index < -0.39 is 25.2 Å². The quantitative estimate of drug-likeness (QED) is 0.854. The summed E-state index contributed by atoms with van der Waals surface area (Å²) in [5, 5.41) is 5.62. The Labute approximate surface area is 131 Å². The van der Waals surface area contributed by atoms with Crippen LogP contribution in [0.1, 0.15) is 6.42 Å². The van der Waals surface area contributed by atoms with Crippen molar-refractivity contribution in [1.29, 1.82) is 0 Å². The first-order chi connectivity index (χ1) is 10.9. The van der Waals surface area contributed by atoms with Crippen molar-refractivity contribution in [2.75, 3.05) is 25.6 Å². The van der Waals surface area contributed by atoms with Crippen molar-refractivity contribution in [2.24, 2.45) is 0 Å². The summed E-state index contributed by atoms with van der Waals surface area (Å²) in [7, 11) is 1.63. The summed E-state index contributed by atoms with van der Waals surface area (Å²) in [4.78, 5) is 11.6. The lowest BCUT2D eigenvalue weighted by Gasteiger charge is -2.10. The number of benzene rings is 1. The summed E-state index contributed by atoms with van der Waals surface area (Å²) in [6, 6.07) is 6.55. The Hall–Kier alpha value is -2.22. The van der Waals surface area contributed by atoms with Crippen LogP contribution in [0.25, 0.3) is 10.9 Å². The number of carbonyl (C=O) groups is 1. The number of hydrogen-bond acceptors (Lipinski definition) is 2. The van der Waals surface area contributed by atoms with E-state index >= 15 is 0 Å². The predicted molar refractivity (Wildman–Crippen MR) is 81.5 cm³/mol. The van der Waals surface area contributed by atoms with Crippen molar-refractivity contribution >= 4 is 22.6 Å². The van der Waals surface area contributed by atoms with Crippen LogP contribution in [0.4, 0.5) is 23.7 Å². The van der Waals surface area contributed by atoms with Gasteiger partial charge in [0.15, 0.2) is 0 Å². The number of aromatic nitrogens is 1. The molecule has 0 aliphatic carbocycles. The van der Waals surface area contributed by atoms with Crippen LogP contribution in [0.2, 0.25) is 0 Å². The van der Waals surface area contributed by atoms with Crippen LogP contribution in [0, 0.1) is 0 Å². The first-order valence-electron chi connectivity index (χ1n) is 7.08. The zero-order valence-electron chi connectivity index (χ0n) is 12.6. The molecule has 0 atom stereocenters. The molecule has 1 aromatic heterocycles. The zero-order chi connectivity index (χ0) is 16.9. The molecule has 0 radical (unpaired) electrons. The molecule has 2 rings (SSSR count). The van der Waals surface area contributed by atoms with E-state index in [-0.39, 0.29) is 0 Å². The highest BCUT2D eigenvalue weighted by Crippen LogP contribution is 2.21. The Balaban J connectivity index is 1.94. The number of hydrogen-bond donors (Lipinski definition) is 2. The molecular formula is C15H18F3N3O2. The monoisotopic (exact) mass is 329 g/mol. The maximum absolute atomic E-state index is 12.0. The van der Waals surface area contributed by atoms with E-state index in [0.29, 0.717) is 18.8 Å². The highest BCUT2D eigenvalue weighted by Gasteiger charge is 2.26. The van der Waals surface area contributed by atoms with Gasteiger partial charge in [-0.1, -0.05) is 0 Å². The maximum atomic E-state index is 12.0. The van der Waals surface area contributed by atoms with E-state index in [0.717, 1.165) is 10.9 Å². The molecule has 0 saturated heterocycles. The molecule has 2 aromatic rings. The van der Waals surface area contributed by atoms with Crippen molar-refractivity contribution in [3.8, 4) is 0 Å². The number of alkyl halides is 3. The van der Waals surface area contributed by atoms with Crippen LogP contribution in [-0.2, 0) is 11.3 Å². The van der Waals surface area contributed by atoms with Crippen LogP contribution >= 0.6 is 0 Å². The highest BCUT2D eigenvalue weighted by molar-refractivity contribution is 5.92. The van der Waals surface area contributed by atoms with Gasteiger partial charge in [0.2, 0.25) is 0 Å². The molecule has 5 nitrogen and oxygen atoms in total. The van der Waals surface area contributed by atoms with Gasteiger partial charge in [0.1, 0.15) is 0 Å². The lowest BCUT2D eigenvalue weighted by molar-refractivity contribution is -0.132. The normalized spacial score (nSPS) is 11.7. The van der Waals surface area contributed by atoms with Crippen LogP contribution in [0.15, 0.2) is 30.5 Å². The Morgan fingerprint density at radius 2 is 2.09 bits per heavy atom. The third-order valence-corrected chi connectivity index (χ3v) is 3.26. The van der Waals surface area contributed by atoms with Gasteiger partial charge >= 0.3 is 12.2 Å². The molecule has 0 unspecified atom stereocenters. The first kappa shape index (κ1) is 17.1. The summed E-state index contributed by atoms with van der Waals surface area (Å²) in [6.45, 7) is 0.848. The van der Waals surface area contributed by atoms with Crippen LogP contribution in [0.5, 0.6) is 0 Å². The van der Waals surface area contributed by atoms with Crippen LogP contribution < -0.4 is 10.6 Å². The predicted octanol–water partition coefficient (Wildman–Crippen LogP) is 3.36. The number of rotatable bonds is 6. The number of halogens is 3. The second-order valence-corrected chi connectivity index (χ2v) is 5.02. The molecular weight excluding hydrogens is 311 g/mol. The fraction of sp³-hybridized carbons (Fsp3) is 0.400. The molecule has 0 saturated carbocycles. The second-order valence-electron chi connectivity index (χ2n) is 5.02. The molecule has 23 heavy (non-hydrogen) atoms.